The Labute approximate surface area is 151 Å². The van der Waals surface area contributed by atoms with Gasteiger partial charge in [0.25, 0.3) is 0 Å². The van der Waals surface area contributed by atoms with Crippen molar-refractivity contribution >= 4 is 23.7 Å². The molecule has 0 saturated carbocycles. The summed E-state index contributed by atoms with van der Waals surface area (Å²) in [6.45, 7) is 1.93. The van der Waals surface area contributed by atoms with E-state index in [1.54, 1.807) is 18.2 Å². The third kappa shape index (κ3) is 5.94. The van der Waals surface area contributed by atoms with Crippen LogP contribution in [-0.4, -0.2) is 30.2 Å². The molecule has 0 spiro atoms. The van der Waals surface area contributed by atoms with Crippen molar-refractivity contribution < 1.29 is 19.4 Å². The van der Waals surface area contributed by atoms with Gasteiger partial charge in [0, 0.05) is 24.1 Å². The molecule has 0 fully saturated rings. The summed E-state index contributed by atoms with van der Waals surface area (Å²) in [5.74, 6) is -0.0760. The lowest BCUT2D eigenvalue weighted by molar-refractivity contribution is -0.124. The largest absolute Gasteiger partial charge is 0.507 e. The zero-order chi connectivity index (χ0) is 18.9. The minimum absolute atomic E-state index is 0.000911. The number of aromatic hydroxyl groups is 1. The van der Waals surface area contributed by atoms with Crippen LogP contribution >= 0.6 is 0 Å². The SMILES string of the molecule is COc1ccc(O)c(/C=N\NC(=O)CCC(=O)Nc2cccc(C)c2)c1. The Morgan fingerprint density at radius 3 is 2.65 bits per heavy atom. The van der Waals surface area contributed by atoms with E-state index < -0.39 is 5.91 Å². The topological polar surface area (TPSA) is 100 Å². The highest BCUT2D eigenvalue weighted by atomic mass is 16.5. The number of aryl methyl sites for hydroxylation is 1. The quantitative estimate of drug-likeness (QED) is 0.525. The molecule has 0 heterocycles. The summed E-state index contributed by atoms with van der Waals surface area (Å²) in [6, 6.07) is 12.1. The first-order chi connectivity index (χ1) is 12.5. The third-order valence-corrected chi connectivity index (χ3v) is 3.51. The number of rotatable bonds is 7. The van der Waals surface area contributed by atoms with E-state index in [0.29, 0.717) is 17.0 Å². The second-order valence-electron chi connectivity index (χ2n) is 5.64. The monoisotopic (exact) mass is 355 g/mol. The summed E-state index contributed by atoms with van der Waals surface area (Å²) in [7, 11) is 1.51. The van der Waals surface area contributed by atoms with Crippen molar-refractivity contribution in [1.82, 2.24) is 5.43 Å². The van der Waals surface area contributed by atoms with Crippen LogP contribution in [0.25, 0.3) is 0 Å². The van der Waals surface area contributed by atoms with Crippen LogP contribution in [-0.2, 0) is 9.59 Å². The maximum Gasteiger partial charge on any atom is 0.240 e. The minimum Gasteiger partial charge on any atom is -0.507 e. The van der Waals surface area contributed by atoms with E-state index in [2.05, 4.69) is 15.8 Å². The van der Waals surface area contributed by atoms with Crippen LogP contribution in [0.3, 0.4) is 0 Å². The fourth-order valence-corrected chi connectivity index (χ4v) is 2.17. The number of carbonyl (C=O) groups is 2. The molecule has 0 atom stereocenters. The molecule has 0 radical (unpaired) electrons. The number of ether oxygens (including phenoxy) is 1. The van der Waals surface area contributed by atoms with Crippen LogP contribution in [0, 0.1) is 6.92 Å². The fourth-order valence-electron chi connectivity index (χ4n) is 2.17. The molecule has 7 nitrogen and oxygen atoms in total. The number of benzene rings is 2. The fraction of sp³-hybridized carbons (Fsp3) is 0.211. The van der Waals surface area contributed by atoms with Gasteiger partial charge in [0.1, 0.15) is 11.5 Å². The van der Waals surface area contributed by atoms with Crippen LogP contribution in [0.2, 0.25) is 0 Å². The van der Waals surface area contributed by atoms with Crippen LogP contribution in [0.1, 0.15) is 24.0 Å². The number of nitrogens with one attached hydrogen (secondary N) is 2. The van der Waals surface area contributed by atoms with Crippen molar-refractivity contribution in [3.8, 4) is 11.5 Å². The maximum atomic E-state index is 11.9. The molecule has 3 N–H and O–H groups in total. The first kappa shape index (κ1) is 19.0. The second kappa shape index (κ2) is 9.22. The number of hydrogen-bond donors (Lipinski definition) is 3. The summed E-state index contributed by atoms with van der Waals surface area (Å²) in [4.78, 5) is 23.6. The van der Waals surface area contributed by atoms with Crippen LogP contribution in [0.15, 0.2) is 47.6 Å². The van der Waals surface area contributed by atoms with E-state index in [1.807, 2.05) is 25.1 Å². The Morgan fingerprint density at radius 1 is 1.15 bits per heavy atom. The number of hydrogen-bond acceptors (Lipinski definition) is 5. The third-order valence-electron chi connectivity index (χ3n) is 3.51. The van der Waals surface area contributed by atoms with Crippen molar-refractivity contribution in [3.05, 3.63) is 53.6 Å². The molecule has 2 aromatic carbocycles. The molecule has 0 aliphatic rings. The number of amides is 2. The number of methoxy groups -OCH3 is 1. The Hall–Kier alpha value is -3.35. The van der Waals surface area contributed by atoms with Crippen molar-refractivity contribution in [2.45, 2.75) is 19.8 Å². The molecule has 26 heavy (non-hydrogen) atoms. The smallest absolute Gasteiger partial charge is 0.240 e. The Kier molecular flexibility index (Phi) is 6.73. The number of phenols is 1. The van der Waals surface area contributed by atoms with E-state index in [1.165, 1.54) is 19.4 Å². The number of phenolic OH excluding ortho intramolecular Hbond substituents is 1. The van der Waals surface area contributed by atoms with E-state index >= 15 is 0 Å². The molecular weight excluding hydrogens is 334 g/mol. The summed E-state index contributed by atoms with van der Waals surface area (Å²) in [6.07, 6.45) is 1.35. The summed E-state index contributed by atoms with van der Waals surface area (Å²) >= 11 is 0. The number of carbonyl (C=O) groups excluding carboxylic acids is 2. The van der Waals surface area contributed by atoms with Gasteiger partial charge in [-0.3, -0.25) is 9.59 Å². The Balaban J connectivity index is 1.79. The average Bonchev–Trinajstić information content (AvgIpc) is 2.61. The minimum atomic E-state index is -0.400. The maximum absolute atomic E-state index is 11.9. The standard InChI is InChI=1S/C19H21N3O4/c1-13-4-3-5-15(10-13)21-18(24)8-9-19(25)22-20-12-14-11-16(26-2)6-7-17(14)23/h3-7,10-12,23H,8-9H2,1-2H3,(H,21,24)(H,22,25)/b20-12-. The Morgan fingerprint density at radius 2 is 1.92 bits per heavy atom. The number of nitrogens with zero attached hydrogens (tertiary/aromatic N) is 1. The number of hydrazone groups is 1. The highest BCUT2D eigenvalue weighted by molar-refractivity contribution is 5.93. The van der Waals surface area contributed by atoms with Crippen molar-refractivity contribution in [2.24, 2.45) is 5.10 Å². The van der Waals surface area contributed by atoms with Gasteiger partial charge in [-0.25, -0.2) is 5.43 Å². The van der Waals surface area contributed by atoms with Crippen molar-refractivity contribution in [3.63, 3.8) is 0 Å². The van der Waals surface area contributed by atoms with Gasteiger partial charge in [-0.1, -0.05) is 12.1 Å². The van der Waals surface area contributed by atoms with Gasteiger partial charge >= 0.3 is 0 Å². The van der Waals surface area contributed by atoms with Gasteiger partial charge in [0.05, 0.1) is 13.3 Å². The van der Waals surface area contributed by atoms with Crippen LogP contribution in [0.4, 0.5) is 5.69 Å². The molecule has 0 aliphatic carbocycles. The van der Waals surface area contributed by atoms with E-state index in [0.717, 1.165) is 5.56 Å². The summed E-state index contributed by atoms with van der Waals surface area (Å²) in [5, 5.41) is 16.2. The molecule has 2 amide bonds. The predicted molar refractivity (Wildman–Crippen MR) is 99.4 cm³/mol. The summed E-state index contributed by atoms with van der Waals surface area (Å²) in [5.41, 5.74) is 4.46. The normalized spacial score (nSPS) is 10.5. The lowest BCUT2D eigenvalue weighted by Gasteiger charge is -2.05. The molecule has 0 aromatic heterocycles. The molecule has 0 saturated heterocycles. The first-order valence-corrected chi connectivity index (χ1v) is 8.03. The van der Waals surface area contributed by atoms with E-state index in [-0.39, 0.29) is 24.5 Å². The molecule has 2 rings (SSSR count). The molecule has 2 aromatic rings. The van der Waals surface area contributed by atoms with Gasteiger partial charge in [-0.2, -0.15) is 5.10 Å². The molecular formula is C19H21N3O4. The molecule has 136 valence electrons. The lowest BCUT2D eigenvalue weighted by atomic mass is 10.2. The number of anilines is 1. The highest BCUT2D eigenvalue weighted by Gasteiger charge is 2.07. The molecule has 0 bridgehead atoms. The zero-order valence-electron chi connectivity index (χ0n) is 14.7. The second-order valence-corrected chi connectivity index (χ2v) is 5.64. The molecule has 7 heteroatoms. The average molecular weight is 355 g/mol. The van der Waals surface area contributed by atoms with Gasteiger partial charge < -0.3 is 15.2 Å². The van der Waals surface area contributed by atoms with Gasteiger partial charge in [-0.15, -0.1) is 0 Å². The zero-order valence-corrected chi connectivity index (χ0v) is 14.7. The predicted octanol–water partition coefficient (Wildman–Crippen LogP) is 2.58. The van der Waals surface area contributed by atoms with Gasteiger partial charge in [-0.05, 0) is 42.8 Å². The molecule has 0 aliphatic heterocycles. The highest BCUT2D eigenvalue weighted by Crippen LogP contribution is 2.20. The summed E-state index contributed by atoms with van der Waals surface area (Å²) < 4.78 is 5.05. The Bertz CT molecular complexity index is 818. The van der Waals surface area contributed by atoms with Crippen molar-refractivity contribution in [1.29, 1.82) is 0 Å². The van der Waals surface area contributed by atoms with Crippen LogP contribution in [0.5, 0.6) is 11.5 Å². The van der Waals surface area contributed by atoms with Gasteiger partial charge in [0.2, 0.25) is 11.8 Å². The first-order valence-electron chi connectivity index (χ1n) is 8.03. The lowest BCUT2D eigenvalue weighted by Crippen LogP contribution is -2.20. The van der Waals surface area contributed by atoms with E-state index in [9.17, 15) is 14.7 Å². The van der Waals surface area contributed by atoms with E-state index in [4.69, 9.17) is 4.74 Å². The van der Waals surface area contributed by atoms with Crippen molar-refractivity contribution in [2.75, 3.05) is 12.4 Å². The van der Waals surface area contributed by atoms with Crippen LogP contribution < -0.4 is 15.5 Å². The van der Waals surface area contributed by atoms with Gasteiger partial charge in [0.15, 0.2) is 0 Å². The molecule has 0 unspecified atom stereocenters.